The van der Waals surface area contributed by atoms with E-state index in [1.165, 1.54) is 13.2 Å². The highest BCUT2D eigenvalue weighted by molar-refractivity contribution is 5.86. The minimum Gasteiger partial charge on any atom is -0.466 e. The fourth-order valence-electron chi connectivity index (χ4n) is 1.04. The Morgan fingerprint density at radius 2 is 1.19 bits per heavy atom. The summed E-state index contributed by atoms with van der Waals surface area (Å²) in [4.78, 5) is 40.9. The van der Waals surface area contributed by atoms with Gasteiger partial charge in [0.1, 0.15) is 6.61 Å². The minimum absolute atomic E-state index is 0.293. The Kier molecular flexibility index (Phi) is 33.9. The van der Waals surface area contributed by atoms with Crippen LogP contribution in [0.5, 0.6) is 0 Å². The first kappa shape index (κ1) is 36.2. The number of methoxy groups -OCH3 is 2. The lowest BCUT2D eigenvalue weighted by molar-refractivity contribution is -0.139. The van der Waals surface area contributed by atoms with Crippen LogP contribution >= 0.6 is 0 Å². The van der Waals surface area contributed by atoms with E-state index >= 15 is 0 Å². The summed E-state index contributed by atoms with van der Waals surface area (Å²) in [5.74, 6) is -1.45. The SMILES string of the molecule is C=C(C)C(=O)OC.C=CC(=O)OCC.C=CC(=O)OCCCC.C=CC(=O)OCCOC. The van der Waals surface area contributed by atoms with Crippen LogP contribution in [-0.2, 0) is 42.9 Å². The molecule has 0 aliphatic heterocycles. The first-order chi connectivity index (χ1) is 15.1. The van der Waals surface area contributed by atoms with Crippen LogP contribution in [0.15, 0.2) is 50.1 Å². The summed E-state index contributed by atoms with van der Waals surface area (Å²) < 4.78 is 22.6. The van der Waals surface area contributed by atoms with Crippen molar-refractivity contribution >= 4 is 23.9 Å². The van der Waals surface area contributed by atoms with Gasteiger partial charge in [0, 0.05) is 30.9 Å². The highest BCUT2D eigenvalue weighted by atomic mass is 16.6. The van der Waals surface area contributed by atoms with E-state index in [1.54, 1.807) is 21.0 Å². The van der Waals surface area contributed by atoms with Gasteiger partial charge in [-0.25, -0.2) is 19.2 Å². The van der Waals surface area contributed by atoms with Gasteiger partial charge in [-0.3, -0.25) is 0 Å². The fourth-order valence-corrected chi connectivity index (χ4v) is 1.04. The summed E-state index contributed by atoms with van der Waals surface area (Å²) in [5.41, 5.74) is 0.433. The Balaban J connectivity index is -0.000000165. The third-order valence-electron chi connectivity index (χ3n) is 2.59. The molecule has 0 aromatic carbocycles. The van der Waals surface area contributed by atoms with Crippen molar-refractivity contribution in [2.45, 2.75) is 33.6 Å². The Labute approximate surface area is 191 Å². The van der Waals surface area contributed by atoms with Gasteiger partial charge in [-0.2, -0.15) is 0 Å². The van der Waals surface area contributed by atoms with Crippen LogP contribution in [0.3, 0.4) is 0 Å². The molecule has 9 heteroatoms. The quantitative estimate of drug-likeness (QED) is 0.199. The van der Waals surface area contributed by atoms with E-state index in [2.05, 4.69) is 50.0 Å². The molecular weight excluding hydrogens is 420 g/mol. The fraction of sp³-hybridized carbons (Fsp3) is 0.478. The topological polar surface area (TPSA) is 114 Å². The molecule has 0 amide bonds. The molecule has 0 saturated carbocycles. The van der Waals surface area contributed by atoms with E-state index < -0.39 is 5.97 Å². The molecule has 0 spiro atoms. The van der Waals surface area contributed by atoms with Gasteiger partial charge in [-0.1, -0.05) is 39.7 Å². The molecule has 32 heavy (non-hydrogen) atoms. The van der Waals surface area contributed by atoms with Crippen molar-refractivity contribution in [3.8, 4) is 0 Å². The van der Waals surface area contributed by atoms with Crippen LogP contribution in [0, 0.1) is 0 Å². The summed E-state index contributed by atoms with van der Waals surface area (Å²) >= 11 is 0. The number of hydrogen-bond acceptors (Lipinski definition) is 9. The second-order valence-corrected chi connectivity index (χ2v) is 5.32. The summed E-state index contributed by atoms with van der Waals surface area (Å²) in [6.07, 6.45) is 5.42. The van der Waals surface area contributed by atoms with Crippen molar-refractivity contribution in [2.75, 3.05) is 40.6 Å². The largest absolute Gasteiger partial charge is 0.466 e. The van der Waals surface area contributed by atoms with E-state index in [1.807, 2.05) is 6.92 Å². The molecule has 0 rings (SSSR count). The molecule has 0 heterocycles. The Morgan fingerprint density at radius 3 is 1.44 bits per heavy atom. The van der Waals surface area contributed by atoms with Crippen LogP contribution in [0.4, 0.5) is 0 Å². The van der Waals surface area contributed by atoms with Gasteiger partial charge in [0.2, 0.25) is 0 Å². The Bertz CT molecular complexity index is 538. The lowest BCUT2D eigenvalue weighted by atomic mass is 10.4. The van der Waals surface area contributed by atoms with Gasteiger partial charge < -0.3 is 23.7 Å². The number of hydrogen-bond donors (Lipinski definition) is 0. The maximum Gasteiger partial charge on any atom is 0.332 e. The molecule has 0 fully saturated rings. The lowest BCUT2D eigenvalue weighted by Gasteiger charge is -1.98. The molecule has 0 aliphatic carbocycles. The van der Waals surface area contributed by atoms with E-state index in [4.69, 9.17) is 0 Å². The standard InChI is InChI=1S/C7H12O2.C6H10O3.2C5H8O2/c1-3-5-6-9-7(8)4-2;1-3-6(7)9-5-4-8-2;1-4(2)5(6)7-3;1-3-5(6)7-4-2/h4H,2-3,5-6H2,1H3;3H,1,4-5H2,2H3;1H2,2-3H3;3H,1,4H2,2H3. The van der Waals surface area contributed by atoms with Crippen molar-refractivity contribution in [3.63, 3.8) is 0 Å². The maximum absolute atomic E-state index is 10.3. The predicted molar refractivity (Wildman–Crippen MR) is 123 cm³/mol. The van der Waals surface area contributed by atoms with Gasteiger partial charge in [0.25, 0.3) is 0 Å². The average Bonchev–Trinajstić information content (AvgIpc) is 2.79. The number of ether oxygens (including phenoxy) is 5. The molecule has 0 saturated heterocycles. The van der Waals surface area contributed by atoms with Gasteiger partial charge in [-0.15, -0.1) is 0 Å². The third kappa shape index (κ3) is 37.5. The van der Waals surface area contributed by atoms with Crippen LogP contribution in [-0.4, -0.2) is 64.5 Å². The van der Waals surface area contributed by atoms with E-state index in [0.717, 1.165) is 25.0 Å². The zero-order chi connectivity index (χ0) is 25.8. The minimum atomic E-state index is -0.410. The first-order valence-corrected chi connectivity index (χ1v) is 9.71. The molecule has 9 nitrogen and oxygen atoms in total. The normalized spacial score (nSPS) is 8.16. The van der Waals surface area contributed by atoms with E-state index in [0.29, 0.717) is 32.0 Å². The Hall–Kier alpha value is -3.20. The highest BCUT2D eigenvalue weighted by Crippen LogP contribution is 1.88. The van der Waals surface area contributed by atoms with Crippen LogP contribution < -0.4 is 0 Å². The molecular formula is C23H38O9. The first-order valence-electron chi connectivity index (χ1n) is 9.71. The van der Waals surface area contributed by atoms with Gasteiger partial charge >= 0.3 is 23.9 Å². The average molecular weight is 459 g/mol. The number of carbonyl (C=O) groups excluding carboxylic acids is 4. The van der Waals surface area contributed by atoms with Crippen molar-refractivity contribution in [1.82, 2.24) is 0 Å². The van der Waals surface area contributed by atoms with E-state index in [-0.39, 0.29) is 17.9 Å². The molecule has 0 unspecified atom stereocenters. The van der Waals surface area contributed by atoms with Crippen molar-refractivity contribution < 1.29 is 42.9 Å². The monoisotopic (exact) mass is 458 g/mol. The number of esters is 4. The van der Waals surface area contributed by atoms with Crippen LogP contribution in [0.1, 0.15) is 33.6 Å². The predicted octanol–water partition coefficient (Wildman–Crippen LogP) is 3.35. The molecule has 0 aromatic rings. The maximum atomic E-state index is 10.3. The number of rotatable bonds is 11. The second-order valence-electron chi connectivity index (χ2n) is 5.32. The summed E-state index contributed by atoms with van der Waals surface area (Å²) in [5, 5.41) is 0. The Morgan fingerprint density at radius 1 is 0.750 bits per heavy atom. The van der Waals surface area contributed by atoms with E-state index in [9.17, 15) is 19.2 Å². The molecule has 0 N–H and O–H groups in total. The molecule has 0 radical (unpaired) electrons. The van der Waals surface area contributed by atoms with Gasteiger partial charge in [-0.05, 0) is 20.3 Å². The smallest absolute Gasteiger partial charge is 0.332 e. The molecule has 0 atom stereocenters. The van der Waals surface area contributed by atoms with Crippen LogP contribution in [0.2, 0.25) is 0 Å². The van der Waals surface area contributed by atoms with Crippen molar-refractivity contribution in [2.24, 2.45) is 0 Å². The second kappa shape index (κ2) is 30.0. The molecule has 0 aromatic heterocycles. The van der Waals surface area contributed by atoms with Gasteiger partial charge in [0.15, 0.2) is 0 Å². The summed E-state index contributed by atoms with van der Waals surface area (Å²) in [6.45, 7) is 20.1. The zero-order valence-electron chi connectivity index (χ0n) is 20.0. The molecule has 0 bridgehead atoms. The zero-order valence-corrected chi connectivity index (χ0v) is 20.0. The summed E-state index contributed by atoms with van der Waals surface area (Å²) in [6, 6.07) is 0. The number of carbonyl (C=O) groups is 4. The van der Waals surface area contributed by atoms with Crippen molar-refractivity contribution in [1.29, 1.82) is 0 Å². The summed E-state index contributed by atoms with van der Waals surface area (Å²) in [7, 11) is 2.87. The third-order valence-corrected chi connectivity index (χ3v) is 2.59. The van der Waals surface area contributed by atoms with Gasteiger partial charge in [0.05, 0.1) is 26.9 Å². The highest BCUT2D eigenvalue weighted by Gasteiger charge is 1.95. The number of unbranched alkanes of at least 4 members (excludes halogenated alkanes) is 1. The lowest BCUT2D eigenvalue weighted by Crippen LogP contribution is -2.06. The molecule has 0 aliphatic rings. The molecule has 184 valence electrons. The van der Waals surface area contributed by atoms with Crippen LogP contribution in [0.25, 0.3) is 0 Å². The van der Waals surface area contributed by atoms with Crippen molar-refractivity contribution in [3.05, 3.63) is 50.1 Å².